The van der Waals surface area contributed by atoms with Gasteiger partial charge in [-0.2, -0.15) is 0 Å². The molecule has 1 N–H and O–H groups in total. The molecule has 0 aliphatic carbocycles. The number of rotatable bonds is 5. The van der Waals surface area contributed by atoms with Gasteiger partial charge >= 0.3 is 0 Å². The molecule has 21 heavy (non-hydrogen) atoms. The van der Waals surface area contributed by atoms with E-state index in [9.17, 15) is 4.39 Å². The van der Waals surface area contributed by atoms with E-state index in [0.717, 1.165) is 23.3 Å². The molecule has 0 aromatic carbocycles. The summed E-state index contributed by atoms with van der Waals surface area (Å²) < 4.78 is 14.1. The first-order valence-corrected chi connectivity index (χ1v) is 7.03. The second kappa shape index (κ2) is 7.11. The Labute approximate surface area is 126 Å². The number of aryl methyl sites for hydroxylation is 1. The molecule has 0 atom stereocenters. The first-order valence-electron chi connectivity index (χ1n) is 7.03. The molecule has 0 bridgehead atoms. The fourth-order valence-electron chi connectivity index (χ4n) is 1.99. The largest absolute Gasteiger partial charge is 0.300 e. The third-order valence-electron chi connectivity index (χ3n) is 3.21. The van der Waals surface area contributed by atoms with Crippen molar-refractivity contribution in [2.24, 2.45) is 0 Å². The molecule has 1 rings (SSSR count). The summed E-state index contributed by atoms with van der Waals surface area (Å²) in [6, 6.07) is 1.76. The molecule has 0 saturated heterocycles. The maximum absolute atomic E-state index is 14.1. The van der Waals surface area contributed by atoms with Crippen LogP contribution in [0.1, 0.15) is 45.9 Å². The van der Waals surface area contributed by atoms with Crippen molar-refractivity contribution < 1.29 is 4.39 Å². The summed E-state index contributed by atoms with van der Waals surface area (Å²) in [4.78, 5) is 4.06. The third kappa shape index (κ3) is 4.22. The fourth-order valence-corrected chi connectivity index (χ4v) is 1.99. The van der Waals surface area contributed by atoms with Crippen molar-refractivity contribution in [3.63, 3.8) is 0 Å². The average molecular weight is 286 g/mol. The van der Waals surface area contributed by atoms with E-state index in [1.165, 1.54) is 6.20 Å². The molecule has 1 heterocycles. The van der Waals surface area contributed by atoms with Crippen molar-refractivity contribution in [3.05, 3.63) is 58.7 Å². The van der Waals surface area contributed by atoms with Crippen molar-refractivity contribution in [2.75, 3.05) is 0 Å². The molecule has 0 fully saturated rings. The van der Waals surface area contributed by atoms with Gasteiger partial charge < -0.3 is 5.41 Å². The lowest BCUT2D eigenvalue weighted by molar-refractivity contribution is 0.615. The number of hydrogen-bond donors (Lipinski definition) is 1. The fraction of sp³-hybridized carbons (Fsp3) is 0.333. The molecule has 0 aliphatic heterocycles. The maximum atomic E-state index is 14.1. The predicted octanol–water partition coefficient (Wildman–Crippen LogP) is 5.12. The average Bonchev–Trinajstić information content (AvgIpc) is 2.43. The molecule has 0 saturated carbocycles. The quantitative estimate of drug-likeness (QED) is 0.592. The van der Waals surface area contributed by atoms with Gasteiger partial charge in [0, 0.05) is 16.8 Å². The molecule has 1 aromatic rings. The number of pyridine rings is 1. The predicted molar refractivity (Wildman–Crippen MR) is 88.1 cm³/mol. The van der Waals surface area contributed by atoms with Gasteiger partial charge in [-0.15, -0.1) is 0 Å². The zero-order valence-electron chi connectivity index (χ0n) is 13.5. The second-order valence-corrected chi connectivity index (χ2v) is 5.42. The maximum Gasteiger partial charge on any atom is 0.148 e. The van der Waals surface area contributed by atoms with E-state index in [0.29, 0.717) is 22.4 Å². The van der Waals surface area contributed by atoms with E-state index in [-0.39, 0.29) is 5.82 Å². The van der Waals surface area contributed by atoms with Gasteiger partial charge in [0.15, 0.2) is 0 Å². The van der Waals surface area contributed by atoms with Crippen molar-refractivity contribution in [1.29, 1.82) is 5.41 Å². The molecule has 2 nitrogen and oxygen atoms in total. The third-order valence-corrected chi connectivity index (χ3v) is 3.21. The Morgan fingerprint density at radius 1 is 1.33 bits per heavy atom. The van der Waals surface area contributed by atoms with Crippen LogP contribution in [0, 0.1) is 11.2 Å². The lowest BCUT2D eigenvalue weighted by atomic mass is 9.93. The van der Waals surface area contributed by atoms with Crippen molar-refractivity contribution in [3.8, 4) is 0 Å². The van der Waals surface area contributed by atoms with Crippen LogP contribution in [0.15, 0.2) is 41.6 Å². The zero-order valence-corrected chi connectivity index (χ0v) is 13.5. The van der Waals surface area contributed by atoms with Crippen LogP contribution in [-0.4, -0.2) is 10.7 Å². The summed E-state index contributed by atoms with van der Waals surface area (Å²) in [7, 11) is 0. The van der Waals surface area contributed by atoms with E-state index in [1.807, 2.05) is 33.8 Å². The van der Waals surface area contributed by atoms with Crippen molar-refractivity contribution in [1.82, 2.24) is 4.98 Å². The Morgan fingerprint density at radius 2 is 1.95 bits per heavy atom. The summed E-state index contributed by atoms with van der Waals surface area (Å²) in [5.41, 5.74) is 4.83. The Hall–Kier alpha value is -2.03. The van der Waals surface area contributed by atoms with E-state index >= 15 is 0 Å². The minimum absolute atomic E-state index is 0.336. The number of aromatic nitrogens is 1. The lowest BCUT2D eigenvalue weighted by Gasteiger charge is -2.13. The minimum Gasteiger partial charge on any atom is -0.300 e. The first kappa shape index (κ1) is 17.0. The van der Waals surface area contributed by atoms with Crippen LogP contribution in [0.25, 0.3) is 5.57 Å². The van der Waals surface area contributed by atoms with Gasteiger partial charge in [-0.05, 0) is 51.3 Å². The summed E-state index contributed by atoms with van der Waals surface area (Å²) >= 11 is 0. The monoisotopic (exact) mass is 286 g/mol. The van der Waals surface area contributed by atoms with E-state index < -0.39 is 0 Å². The molecule has 0 aliphatic rings. The topological polar surface area (TPSA) is 36.7 Å². The highest BCUT2D eigenvalue weighted by Gasteiger charge is 2.13. The Kier molecular flexibility index (Phi) is 5.77. The first-order chi connectivity index (χ1) is 9.77. The molecule has 1 aromatic heterocycles. The van der Waals surface area contributed by atoms with E-state index in [4.69, 9.17) is 5.41 Å². The molecule has 0 spiro atoms. The van der Waals surface area contributed by atoms with Gasteiger partial charge in [-0.25, -0.2) is 4.39 Å². The Morgan fingerprint density at radius 3 is 2.43 bits per heavy atom. The van der Waals surface area contributed by atoms with Crippen LogP contribution in [0.2, 0.25) is 0 Å². The highest BCUT2D eigenvalue weighted by atomic mass is 19.1. The van der Waals surface area contributed by atoms with Crippen molar-refractivity contribution >= 4 is 11.3 Å². The Bertz CT molecular complexity index is 633. The smallest absolute Gasteiger partial charge is 0.148 e. The van der Waals surface area contributed by atoms with Gasteiger partial charge in [0.05, 0.1) is 11.9 Å². The molecule has 0 radical (unpaired) electrons. The molecular weight excluding hydrogens is 263 g/mol. The van der Waals surface area contributed by atoms with Gasteiger partial charge in [0.25, 0.3) is 0 Å². The van der Waals surface area contributed by atoms with E-state index in [1.54, 1.807) is 13.0 Å². The standard InChI is InChI=1S/C18H23FN2/c1-7-14-9-15(17(19)10-21-14)13(6)16(8-11(2)3)18(20)12(4)5/h8-10,20H,4,7H2,1-3,5-6H3/b16-13+,20-18?. The number of halogens is 1. The van der Waals surface area contributed by atoms with Gasteiger partial charge in [-0.3, -0.25) is 4.98 Å². The number of nitrogens with zero attached hydrogens (tertiary/aromatic N) is 1. The van der Waals surface area contributed by atoms with E-state index in [2.05, 4.69) is 11.6 Å². The molecule has 112 valence electrons. The second-order valence-electron chi connectivity index (χ2n) is 5.42. The minimum atomic E-state index is -0.362. The SMILES string of the molecule is C=C(C)C(=N)/C(C=C(C)C)=C(\C)c1cc(CC)ncc1F. The number of nitrogens with one attached hydrogen (secondary N) is 1. The highest BCUT2D eigenvalue weighted by molar-refractivity contribution is 6.15. The summed E-state index contributed by atoms with van der Waals surface area (Å²) in [5.74, 6) is -0.362. The highest BCUT2D eigenvalue weighted by Crippen LogP contribution is 2.25. The van der Waals surface area contributed by atoms with Gasteiger partial charge in [0.2, 0.25) is 0 Å². The van der Waals surface area contributed by atoms with Crippen LogP contribution in [-0.2, 0) is 6.42 Å². The van der Waals surface area contributed by atoms with Crippen LogP contribution in [0.3, 0.4) is 0 Å². The molecule has 0 amide bonds. The van der Waals surface area contributed by atoms with Crippen molar-refractivity contribution in [2.45, 2.75) is 41.0 Å². The normalized spacial score (nSPS) is 11.7. The lowest BCUT2D eigenvalue weighted by Crippen LogP contribution is -2.05. The van der Waals surface area contributed by atoms with Crippen LogP contribution < -0.4 is 0 Å². The van der Waals surface area contributed by atoms with Gasteiger partial charge in [0.1, 0.15) is 5.82 Å². The van der Waals surface area contributed by atoms with Crippen LogP contribution in [0.5, 0.6) is 0 Å². The Balaban J connectivity index is 3.57. The summed E-state index contributed by atoms with van der Waals surface area (Å²) in [6.07, 6.45) is 3.90. The molecule has 0 unspecified atom stereocenters. The van der Waals surface area contributed by atoms with Crippen LogP contribution >= 0.6 is 0 Å². The summed E-state index contributed by atoms with van der Waals surface area (Å²) in [6.45, 7) is 13.3. The number of hydrogen-bond acceptors (Lipinski definition) is 2. The van der Waals surface area contributed by atoms with Gasteiger partial charge in [-0.1, -0.05) is 25.2 Å². The number of allylic oxidation sites excluding steroid dienone is 5. The molecular formula is C18H23FN2. The van der Waals surface area contributed by atoms with Crippen LogP contribution in [0.4, 0.5) is 4.39 Å². The zero-order chi connectivity index (χ0) is 16.2. The summed E-state index contributed by atoms with van der Waals surface area (Å²) in [5, 5.41) is 8.20. The molecule has 3 heteroatoms.